The second kappa shape index (κ2) is 12.7. The fourth-order valence-electron chi connectivity index (χ4n) is 1.84. The molecule has 0 aliphatic heterocycles. The summed E-state index contributed by atoms with van der Waals surface area (Å²) in [6.07, 6.45) is 3.19. The van der Waals surface area contributed by atoms with Crippen molar-refractivity contribution in [3.05, 3.63) is 12.2 Å². The lowest BCUT2D eigenvalue weighted by molar-refractivity contribution is -0.143. The van der Waals surface area contributed by atoms with E-state index in [1.807, 2.05) is 6.92 Å². The van der Waals surface area contributed by atoms with Gasteiger partial charge >= 0.3 is 14.8 Å². The van der Waals surface area contributed by atoms with E-state index in [0.717, 1.165) is 19.3 Å². The van der Waals surface area contributed by atoms with Crippen LogP contribution in [0.1, 0.15) is 60.3 Å². The van der Waals surface area contributed by atoms with Crippen molar-refractivity contribution in [2.24, 2.45) is 0 Å². The van der Waals surface area contributed by atoms with Crippen molar-refractivity contribution in [1.29, 1.82) is 0 Å². The Morgan fingerprint density at radius 1 is 1.00 bits per heavy atom. The number of esters is 1. The molecule has 0 spiro atoms. The smallest absolute Gasteiger partial charge is 0.459 e. The largest absolute Gasteiger partial charge is 0.501 e. The van der Waals surface area contributed by atoms with Crippen LogP contribution in [0.15, 0.2) is 12.2 Å². The highest BCUT2D eigenvalue weighted by Crippen LogP contribution is 2.21. The van der Waals surface area contributed by atoms with Gasteiger partial charge in [0.1, 0.15) is 0 Å². The average molecular weight is 347 g/mol. The van der Waals surface area contributed by atoms with Crippen molar-refractivity contribution in [2.75, 3.05) is 19.8 Å². The van der Waals surface area contributed by atoms with Crippen LogP contribution in [0.2, 0.25) is 6.04 Å². The minimum absolute atomic E-state index is 0.216. The van der Waals surface area contributed by atoms with E-state index in [1.54, 1.807) is 6.92 Å². The van der Waals surface area contributed by atoms with E-state index in [-0.39, 0.29) is 12.1 Å². The third kappa shape index (κ3) is 9.91. The van der Waals surface area contributed by atoms with E-state index in [1.165, 1.54) is 0 Å². The third-order valence-corrected chi connectivity index (χ3v) is 5.92. The Kier molecular flexibility index (Phi) is 12.3. The van der Waals surface area contributed by atoms with E-state index >= 15 is 0 Å². The lowest BCUT2D eigenvalue weighted by Gasteiger charge is -2.30. The van der Waals surface area contributed by atoms with Crippen LogP contribution in [-0.2, 0) is 22.8 Å². The molecule has 0 aliphatic rings. The van der Waals surface area contributed by atoms with Crippen molar-refractivity contribution in [1.82, 2.24) is 0 Å². The molecule has 0 saturated heterocycles. The van der Waals surface area contributed by atoms with Crippen molar-refractivity contribution in [3.63, 3.8) is 0 Å². The highest BCUT2D eigenvalue weighted by molar-refractivity contribution is 6.60. The van der Waals surface area contributed by atoms with Crippen LogP contribution in [0.5, 0.6) is 0 Å². The summed E-state index contributed by atoms with van der Waals surface area (Å²) in [5.74, 6) is -0.358. The lowest BCUT2D eigenvalue weighted by atomic mass is 10.3. The minimum atomic E-state index is -2.71. The zero-order chi connectivity index (χ0) is 17.7. The lowest BCUT2D eigenvalue weighted by Crippen LogP contribution is -2.47. The molecule has 0 heterocycles. The first-order valence-electron chi connectivity index (χ1n) is 8.69. The molecular formula is C17H34O5Si. The fraction of sp³-hybridized carbons (Fsp3) is 0.824. The molecule has 0 saturated carbocycles. The Morgan fingerprint density at radius 2 is 1.43 bits per heavy atom. The van der Waals surface area contributed by atoms with Gasteiger partial charge in [-0.25, -0.2) is 4.79 Å². The van der Waals surface area contributed by atoms with Crippen LogP contribution in [0.25, 0.3) is 0 Å². The molecule has 0 amide bonds. The number of carbonyl (C=O) groups excluding carboxylic acids is 1. The van der Waals surface area contributed by atoms with Crippen molar-refractivity contribution in [2.45, 2.75) is 72.5 Å². The van der Waals surface area contributed by atoms with Gasteiger partial charge in [-0.3, -0.25) is 0 Å². The first-order chi connectivity index (χ1) is 10.9. The van der Waals surface area contributed by atoms with Gasteiger partial charge in [0.2, 0.25) is 0 Å². The third-order valence-electron chi connectivity index (χ3n) is 3.09. The van der Waals surface area contributed by atoms with Crippen LogP contribution in [0.3, 0.4) is 0 Å². The maximum absolute atomic E-state index is 11.6. The van der Waals surface area contributed by atoms with E-state index in [0.29, 0.717) is 37.9 Å². The van der Waals surface area contributed by atoms with Gasteiger partial charge in [0.15, 0.2) is 0 Å². The number of ether oxygens (including phenoxy) is 1. The monoisotopic (exact) mass is 346 g/mol. The summed E-state index contributed by atoms with van der Waals surface area (Å²) in [5.41, 5.74) is 0.409. The Morgan fingerprint density at radius 3 is 1.78 bits per heavy atom. The Hall–Kier alpha value is -0.693. The molecule has 6 heteroatoms. The maximum Gasteiger partial charge on any atom is 0.501 e. The van der Waals surface area contributed by atoms with Gasteiger partial charge in [0, 0.05) is 31.4 Å². The Balaban J connectivity index is 4.73. The molecule has 1 unspecified atom stereocenters. The topological polar surface area (TPSA) is 54.0 Å². The van der Waals surface area contributed by atoms with E-state index in [4.69, 9.17) is 18.0 Å². The summed E-state index contributed by atoms with van der Waals surface area (Å²) >= 11 is 0. The van der Waals surface area contributed by atoms with E-state index < -0.39 is 8.80 Å². The zero-order valence-corrected chi connectivity index (χ0v) is 16.5. The number of carbonyl (C=O) groups is 1. The van der Waals surface area contributed by atoms with Crippen LogP contribution >= 0.6 is 0 Å². The molecule has 0 fully saturated rings. The van der Waals surface area contributed by atoms with E-state index in [9.17, 15) is 4.79 Å². The van der Waals surface area contributed by atoms with Gasteiger partial charge in [-0.2, -0.15) is 0 Å². The predicted molar refractivity (Wildman–Crippen MR) is 94.3 cm³/mol. The van der Waals surface area contributed by atoms with Gasteiger partial charge in [0.25, 0.3) is 0 Å². The fourth-order valence-corrected chi connectivity index (χ4v) is 4.82. The standard InChI is InChI=1S/C17H34O5Si/c1-7-11-19-23(20-12-8-2,21-13-9-3)14-10-16(6)22-17(18)15(4)5/h16H,4,7-14H2,1-3,5-6H3. The molecular weight excluding hydrogens is 312 g/mol. The second-order valence-corrected chi connectivity index (χ2v) is 8.50. The van der Waals surface area contributed by atoms with Crippen molar-refractivity contribution in [3.8, 4) is 0 Å². The summed E-state index contributed by atoms with van der Waals surface area (Å²) in [6.45, 7) is 15.2. The Bertz CT molecular complexity index is 324. The Labute approximate surface area is 142 Å². The second-order valence-electron chi connectivity index (χ2n) is 5.76. The van der Waals surface area contributed by atoms with Gasteiger partial charge in [-0.1, -0.05) is 27.4 Å². The SMILES string of the molecule is C=C(C)C(=O)OC(C)CC[Si](OCCC)(OCCC)OCCC. The molecule has 5 nitrogen and oxygen atoms in total. The molecule has 136 valence electrons. The van der Waals surface area contributed by atoms with Crippen LogP contribution in [0, 0.1) is 0 Å². The molecule has 0 rings (SSSR count). The van der Waals surface area contributed by atoms with Crippen LogP contribution < -0.4 is 0 Å². The number of rotatable bonds is 14. The molecule has 1 atom stereocenters. The minimum Gasteiger partial charge on any atom is -0.459 e. The molecule has 0 aromatic heterocycles. The average Bonchev–Trinajstić information content (AvgIpc) is 2.53. The summed E-state index contributed by atoms with van der Waals surface area (Å²) in [7, 11) is -2.71. The van der Waals surface area contributed by atoms with Gasteiger partial charge < -0.3 is 18.0 Å². The molecule has 0 bridgehead atoms. The number of hydrogen-bond acceptors (Lipinski definition) is 5. The summed E-state index contributed by atoms with van der Waals surface area (Å²) in [5, 5.41) is 0. The molecule has 0 radical (unpaired) electrons. The van der Waals surface area contributed by atoms with Crippen molar-refractivity contribution >= 4 is 14.8 Å². The van der Waals surface area contributed by atoms with Gasteiger partial charge in [-0.05, 0) is 39.5 Å². The highest BCUT2D eigenvalue weighted by atomic mass is 28.4. The summed E-state index contributed by atoms with van der Waals surface area (Å²) in [4.78, 5) is 11.6. The molecule has 0 aliphatic carbocycles. The summed E-state index contributed by atoms with van der Waals surface area (Å²) in [6, 6.07) is 0.650. The molecule has 0 aromatic rings. The highest BCUT2D eigenvalue weighted by Gasteiger charge is 2.41. The van der Waals surface area contributed by atoms with Gasteiger partial charge in [-0.15, -0.1) is 0 Å². The van der Waals surface area contributed by atoms with Crippen LogP contribution in [0.4, 0.5) is 0 Å². The van der Waals surface area contributed by atoms with Crippen LogP contribution in [-0.4, -0.2) is 40.7 Å². The normalized spacial score (nSPS) is 12.9. The molecule has 23 heavy (non-hydrogen) atoms. The predicted octanol–water partition coefficient (Wildman–Crippen LogP) is 4.10. The first kappa shape index (κ1) is 22.3. The van der Waals surface area contributed by atoms with E-state index in [2.05, 4.69) is 27.4 Å². The van der Waals surface area contributed by atoms with Gasteiger partial charge in [0.05, 0.1) is 6.10 Å². The number of hydrogen-bond donors (Lipinski definition) is 0. The molecule has 0 aromatic carbocycles. The molecule has 0 N–H and O–H groups in total. The quantitative estimate of drug-likeness (QED) is 0.269. The first-order valence-corrected chi connectivity index (χ1v) is 10.6. The summed E-state index contributed by atoms with van der Waals surface area (Å²) < 4.78 is 23.4. The maximum atomic E-state index is 11.6. The zero-order valence-electron chi connectivity index (χ0n) is 15.5. The van der Waals surface area contributed by atoms with Crippen molar-refractivity contribution < 1.29 is 22.8 Å².